The molecular weight excluding hydrogens is 473 g/mol. The van der Waals surface area contributed by atoms with Gasteiger partial charge in [-0.2, -0.15) is 0 Å². The van der Waals surface area contributed by atoms with Gasteiger partial charge >= 0.3 is 0 Å². The third-order valence-electron chi connectivity index (χ3n) is 6.75. The highest BCUT2D eigenvalue weighted by Gasteiger charge is 2.28. The zero-order valence-electron chi connectivity index (χ0n) is 21.4. The van der Waals surface area contributed by atoms with Crippen LogP contribution in [0.15, 0.2) is 60.7 Å². The number of hydrogen-bond acceptors (Lipinski definition) is 6. The van der Waals surface area contributed by atoms with Crippen molar-refractivity contribution >= 4 is 17.6 Å². The number of nitrogens with zero attached hydrogens (tertiary/aromatic N) is 5. The molecule has 4 rings (SSSR count). The highest BCUT2D eigenvalue weighted by Crippen LogP contribution is 2.22. The second kappa shape index (κ2) is 11.8. The van der Waals surface area contributed by atoms with Gasteiger partial charge in [-0.1, -0.05) is 13.0 Å². The number of anilines is 1. The molecule has 0 bridgehead atoms. The molecule has 9 heteroatoms. The summed E-state index contributed by atoms with van der Waals surface area (Å²) in [5.74, 6) is 0.606. The zero-order valence-corrected chi connectivity index (χ0v) is 21.4. The Morgan fingerprint density at radius 1 is 1.03 bits per heavy atom. The molecule has 0 N–H and O–H groups in total. The lowest BCUT2D eigenvalue weighted by Gasteiger charge is -2.37. The summed E-state index contributed by atoms with van der Waals surface area (Å²) in [4.78, 5) is 31.6. The van der Waals surface area contributed by atoms with E-state index in [0.717, 1.165) is 22.8 Å². The number of rotatable bonds is 8. The molecule has 0 spiro atoms. The van der Waals surface area contributed by atoms with Gasteiger partial charge in [-0.25, -0.2) is 4.39 Å². The fraction of sp³-hybridized carbons (Fsp3) is 0.357. The number of carbonyl (C=O) groups excluding carboxylic acids is 2. The van der Waals surface area contributed by atoms with Crippen LogP contribution >= 0.6 is 0 Å². The number of piperazine rings is 1. The number of carbonyl (C=O) groups is 2. The van der Waals surface area contributed by atoms with Crippen molar-refractivity contribution in [2.24, 2.45) is 0 Å². The van der Waals surface area contributed by atoms with Crippen LogP contribution in [0.1, 0.15) is 30.6 Å². The van der Waals surface area contributed by atoms with Gasteiger partial charge in [0.2, 0.25) is 5.91 Å². The first kappa shape index (κ1) is 26.1. The van der Waals surface area contributed by atoms with Crippen LogP contribution in [-0.4, -0.2) is 77.7 Å². The topological polar surface area (TPSA) is 78.9 Å². The number of halogens is 1. The number of methoxy groups -OCH3 is 1. The second-order valence-electron chi connectivity index (χ2n) is 9.07. The first-order valence-corrected chi connectivity index (χ1v) is 12.5. The van der Waals surface area contributed by atoms with E-state index in [1.165, 1.54) is 23.1 Å². The molecule has 1 aliphatic heterocycles. The maximum absolute atomic E-state index is 13.7. The molecule has 1 atom stereocenters. The lowest BCUT2D eigenvalue weighted by atomic mass is 10.1. The van der Waals surface area contributed by atoms with Crippen molar-refractivity contribution in [1.29, 1.82) is 0 Å². The van der Waals surface area contributed by atoms with E-state index in [9.17, 15) is 14.0 Å². The van der Waals surface area contributed by atoms with E-state index in [-0.39, 0.29) is 30.0 Å². The summed E-state index contributed by atoms with van der Waals surface area (Å²) in [6.45, 7) is 6.08. The van der Waals surface area contributed by atoms with E-state index in [0.29, 0.717) is 32.6 Å². The number of ether oxygens (including phenoxy) is 1. The van der Waals surface area contributed by atoms with Crippen LogP contribution in [0.2, 0.25) is 0 Å². The molecule has 0 radical (unpaired) electrons. The van der Waals surface area contributed by atoms with Crippen molar-refractivity contribution in [3.8, 4) is 17.0 Å². The third-order valence-corrected chi connectivity index (χ3v) is 6.75. The van der Waals surface area contributed by atoms with Crippen LogP contribution in [0.3, 0.4) is 0 Å². The Morgan fingerprint density at radius 3 is 2.35 bits per heavy atom. The summed E-state index contributed by atoms with van der Waals surface area (Å²) in [7, 11) is 1.63. The van der Waals surface area contributed by atoms with Crippen LogP contribution in [0.5, 0.6) is 5.75 Å². The van der Waals surface area contributed by atoms with E-state index < -0.39 is 5.82 Å². The number of benzene rings is 2. The third kappa shape index (κ3) is 6.22. The number of amides is 2. The predicted octanol–water partition coefficient (Wildman–Crippen LogP) is 3.88. The van der Waals surface area contributed by atoms with Gasteiger partial charge in [-0.3, -0.25) is 9.59 Å². The van der Waals surface area contributed by atoms with Crippen molar-refractivity contribution in [2.45, 2.75) is 26.3 Å². The fourth-order valence-electron chi connectivity index (χ4n) is 4.28. The molecule has 1 aromatic heterocycles. The van der Waals surface area contributed by atoms with E-state index in [4.69, 9.17) is 4.74 Å². The summed E-state index contributed by atoms with van der Waals surface area (Å²) < 4.78 is 18.9. The van der Waals surface area contributed by atoms with Gasteiger partial charge in [0, 0.05) is 43.3 Å². The highest BCUT2D eigenvalue weighted by molar-refractivity contribution is 5.96. The van der Waals surface area contributed by atoms with Crippen molar-refractivity contribution in [3.05, 3.63) is 72.0 Å². The highest BCUT2D eigenvalue weighted by atomic mass is 19.1. The van der Waals surface area contributed by atoms with E-state index in [1.807, 2.05) is 50.2 Å². The van der Waals surface area contributed by atoms with Gasteiger partial charge in [0.25, 0.3) is 5.91 Å². The van der Waals surface area contributed by atoms with Crippen molar-refractivity contribution in [2.75, 3.05) is 44.7 Å². The minimum Gasteiger partial charge on any atom is -0.497 e. The SMILES string of the molecule is CC[C@@H](C)N(CC(=O)N1CCN(c2ccc(-c3ccc(OC)cc3)nn2)CC1)C(=O)c1cccc(F)c1. The maximum Gasteiger partial charge on any atom is 0.254 e. The second-order valence-corrected chi connectivity index (χ2v) is 9.07. The average Bonchev–Trinajstić information content (AvgIpc) is 2.95. The molecule has 0 saturated carbocycles. The number of hydrogen-bond donors (Lipinski definition) is 0. The Labute approximate surface area is 216 Å². The first-order chi connectivity index (χ1) is 17.9. The zero-order chi connectivity index (χ0) is 26.4. The minimum atomic E-state index is -0.475. The fourth-order valence-corrected chi connectivity index (χ4v) is 4.28. The van der Waals surface area contributed by atoms with Crippen LogP contribution in [0, 0.1) is 5.82 Å². The van der Waals surface area contributed by atoms with Gasteiger partial charge in [0.15, 0.2) is 5.82 Å². The summed E-state index contributed by atoms with van der Waals surface area (Å²) in [6, 6.07) is 17.0. The van der Waals surface area contributed by atoms with E-state index in [1.54, 1.807) is 18.1 Å². The average molecular weight is 506 g/mol. The van der Waals surface area contributed by atoms with Crippen LogP contribution in [0.4, 0.5) is 10.2 Å². The standard InChI is InChI=1S/C28H32FN5O3/c1-4-20(2)34(28(36)22-6-5-7-23(29)18-22)19-27(35)33-16-14-32(15-17-33)26-13-12-25(30-31-26)21-8-10-24(37-3)11-9-21/h5-13,18,20H,4,14-17,19H2,1-3H3/t20-/m1/s1. The van der Waals surface area contributed by atoms with Gasteiger partial charge in [-0.15, -0.1) is 10.2 Å². The first-order valence-electron chi connectivity index (χ1n) is 12.5. The Bertz CT molecular complexity index is 1210. The molecule has 37 heavy (non-hydrogen) atoms. The van der Waals surface area contributed by atoms with Crippen LogP contribution in [0.25, 0.3) is 11.3 Å². The largest absolute Gasteiger partial charge is 0.497 e. The molecule has 0 unspecified atom stereocenters. The molecule has 1 aliphatic rings. The molecule has 1 saturated heterocycles. The minimum absolute atomic E-state index is 0.0410. The molecule has 8 nitrogen and oxygen atoms in total. The lowest BCUT2D eigenvalue weighted by Crippen LogP contribution is -2.53. The molecular formula is C28H32FN5O3. The molecule has 2 aromatic carbocycles. The summed E-state index contributed by atoms with van der Waals surface area (Å²) in [5, 5.41) is 8.77. The van der Waals surface area contributed by atoms with Crippen molar-refractivity contribution in [3.63, 3.8) is 0 Å². The van der Waals surface area contributed by atoms with Crippen molar-refractivity contribution in [1.82, 2.24) is 20.0 Å². The van der Waals surface area contributed by atoms with Gasteiger partial charge in [0.1, 0.15) is 18.1 Å². The Balaban J connectivity index is 1.35. The summed E-state index contributed by atoms with van der Waals surface area (Å²) in [5.41, 5.74) is 1.97. The van der Waals surface area contributed by atoms with Crippen molar-refractivity contribution < 1.29 is 18.7 Å². The summed E-state index contributed by atoms with van der Waals surface area (Å²) in [6.07, 6.45) is 0.688. The molecule has 2 heterocycles. The van der Waals surface area contributed by atoms with E-state index in [2.05, 4.69) is 15.1 Å². The molecule has 3 aromatic rings. The lowest BCUT2D eigenvalue weighted by molar-refractivity contribution is -0.132. The Kier molecular flexibility index (Phi) is 8.32. The molecule has 0 aliphatic carbocycles. The quantitative estimate of drug-likeness (QED) is 0.462. The van der Waals surface area contributed by atoms with Crippen LogP contribution in [-0.2, 0) is 4.79 Å². The molecule has 1 fully saturated rings. The Hall–Kier alpha value is -4.01. The predicted molar refractivity (Wildman–Crippen MR) is 140 cm³/mol. The smallest absolute Gasteiger partial charge is 0.254 e. The maximum atomic E-state index is 13.7. The van der Waals surface area contributed by atoms with Gasteiger partial charge in [-0.05, 0) is 67.9 Å². The van der Waals surface area contributed by atoms with Gasteiger partial charge in [0.05, 0.1) is 12.8 Å². The Morgan fingerprint density at radius 2 is 1.76 bits per heavy atom. The monoisotopic (exact) mass is 505 g/mol. The van der Waals surface area contributed by atoms with Crippen LogP contribution < -0.4 is 9.64 Å². The normalized spacial score (nSPS) is 14.3. The van der Waals surface area contributed by atoms with Gasteiger partial charge < -0.3 is 19.4 Å². The van der Waals surface area contributed by atoms with E-state index >= 15 is 0 Å². The number of aromatic nitrogens is 2. The molecule has 194 valence electrons. The molecule has 2 amide bonds. The summed E-state index contributed by atoms with van der Waals surface area (Å²) >= 11 is 0.